The number of amides is 3. The summed E-state index contributed by atoms with van der Waals surface area (Å²) in [5, 5.41) is 6.72. The van der Waals surface area contributed by atoms with Crippen molar-refractivity contribution in [2.24, 2.45) is 5.92 Å². The molecule has 3 N–H and O–H groups in total. The van der Waals surface area contributed by atoms with Crippen molar-refractivity contribution < 1.29 is 27.5 Å². The zero-order valence-electron chi connectivity index (χ0n) is 26.7. The average molecular weight is 672 g/mol. The number of pyridine rings is 1. The molecule has 7 rings (SSSR count). The number of benzene rings is 2. The molecule has 1 saturated heterocycles. The van der Waals surface area contributed by atoms with Gasteiger partial charge in [0.1, 0.15) is 23.7 Å². The molecule has 2 aliphatic heterocycles. The lowest BCUT2D eigenvalue weighted by atomic mass is 10.0. The predicted molar refractivity (Wildman–Crippen MR) is 181 cm³/mol. The summed E-state index contributed by atoms with van der Waals surface area (Å²) in [6, 6.07) is 19.4. The molecule has 0 spiro atoms. The van der Waals surface area contributed by atoms with E-state index in [9.17, 15) is 22.8 Å². The highest BCUT2D eigenvalue weighted by atomic mass is 32.2. The van der Waals surface area contributed by atoms with Gasteiger partial charge in [0.2, 0.25) is 27.7 Å². The predicted octanol–water partition coefficient (Wildman–Crippen LogP) is 4.07. The van der Waals surface area contributed by atoms with E-state index < -0.39 is 50.8 Å². The summed E-state index contributed by atoms with van der Waals surface area (Å²) in [7, 11) is -3.83. The van der Waals surface area contributed by atoms with Gasteiger partial charge >= 0.3 is 0 Å². The summed E-state index contributed by atoms with van der Waals surface area (Å²) in [6.07, 6.45) is 8.84. The SMILES string of the molecule is O=C1N[C@]2(C(=O)NS(=O)(=O)C3CC3)C[C@H]2C=CCCCCC[C@H](Nc2ccccc2)C(=O)N2C[C@H](Oc3ccc4ccccc4n3)C[C@@H]12. The molecular weight excluding hydrogens is 630 g/mol. The minimum Gasteiger partial charge on any atom is -0.472 e. The van der Waals surface area contributed by atoms with Crippen LogP contribution in [0.2, 0.25) is 0 Å². The Bertz CT molecular complexity index is 1830. The Hall–Kier alpha value is -4.45. The van der Waals surface area contributed by atoms with Gasteiger partial charge in [-0.05, 0) is 62.8 Å². The molecule has 3 amide bonds. The Balaban J connectivity index is 1.18. The normalized spacial score (nSPS) is 28.0. The highest BCUT2D eigenvalue weighted by molar-refractivity contribution is 7.91. The number of hydrogen-bond donors (Lipinski definition) is 3. The number of carbonyl (C=O) groups excluding carboxylic acids is 3. The maximum absolute atomic E-state index is 14.4. The third kappa shape index (κ3) is 6.89. The van der Waals surface area contributed by atoms with E-state index >= 15 is 0 Å². The van der Waals surface area contributed by atoms with Gasteiger partial charge in [-0.25, -0.2) is 13.4 Å². The lowest BCUT2D eigenvalue weighted by Crippen LogP contribution is -2.57. The van der Waals surface area contributed by atoms with Gasteiger partial charge in [0.25, 0.3) is 5.91 Å². The molecule has 3 fully saturated rings. The Morgan fingerprint density at radius 2 is 1.75 bits per heavy atom. The lowest BCUT2D eigenvalue weighted by molar-refractivity contribution is -0.140. The van der Waals surface area contributed by atoms with E-state index in [-0.39, 0.29) is 31.2 Å². The molecule has 0 bridgehead atoms. The number of anilines is 1. The fraction of sp³-hybridized carbons (Fsp3) is 0.444. The number of nitrogens with zero attached hydrogens (tertiary/aromatic N) is 2. The van der Waals surface area contributed by atoms with Crippen LogP contribution in [0.1, 0.15) is 57.8 Å². The van der Waals surface area contributed by atoms with Gasteiger partial charge in [-0.2, -0.15) is 0 Å². The summed E-state index contributed by atoms with van der Waals surface area (Å²) in [6.45, 7) is 0.150. The van der Waals surface area contributed by atoms with Crippen LogP contribution in [0, 0.1) is 5.92 Å². The first-order valence-corrected chi connectivity index (χ1v) is 18.5. The molecule has 3 heterocycles. The Morgan fingerprint density at radius 1 is 0.958 bits per heavy atom. The third-order valence-corrected chi connectivity index (χ3v) is 11.6. The molecule has 11 nitrogen and oxygen atoms in total. The van der Waals surface area contributed by atoms with Crippen LogP contribution in [0.3, 0.4) is 0 Å². The van der Waals surface area contributed by atoms with Crippen molar-refractivity contribution >= 4 is 44.3 Å². The highest BCUT2D eigenvalue weighted by Gasteiger charge is 2.62. The van der Waals surface area contributed by atoms with Crippen molar-refractivity contribution in [2.75, 3.05) is 11.9 Å². The number of para-hydroxylation sites is 2. The zero-order chi connectivity index (χ0) is 33.3. The molecular formula is C36H41N5O6S. The van der Waals surface area contributed by atoms with Crippen molar-refractivity contribution in [1.29, 1.82) is 0 Å². The molecule has 252 valence electrons. The minimum absolute atomic E-state index is 0.150. The molecule has 5 atom stereocenters. The summed E-state index contributed by atoms with van der Waals surface area (Å²) in [4.78, 5) is 48.4. The molecule has 3 aromatic rings. The number of hydrogen-bond acceptors (Lipinski definition) is 8. The second-order valence-corrected chi connectivity index (χ2v) is 15.4. The largest absolute Gasteiger partial charge is 0.472 e. The number of aromatic nitrogens is 1. The highest BCUT2D eigenvalue weighted by Crippen LogP contribution is 2.46. The quantitative estimate of drug-likeness (QED) is 0.319. The maximum atomic E-state index is 14.4. The van der Waals surface area contributed by atoms with E-state index in [0.29, 0.717) is 25.1 Å². The lowest BCUT2D eigenvalue weighted by Gasteiger charge is -2.30. The van der Waals surface area contributed by atoms with Crippen LogP contribution in [0.25, 0.3) is 10.9 Å². The standard InChI is InChI=1S/C36H41N5O6S/c42-33-31-21-27(47-32-20-17-24-11-9-10-15-29(24)38-32)23-41(31)34(43)30(37-26-13-6-4-7-14-26)16-8-3-1-2-5-12-25-22-36(25,39-33)35(44)40-48(45,46)28-18-19-28/h4-7,9-15,17,20,25,27-28,30-31,37H,1-3,8,16,18-19,21-23H2,(H,39,42)(H,40,44)/t25-,27-,30+,31+,36-/m1/s1. The van der Waals surface area contributed by atoms with E-state index in [2.05, 4.69) is 20.3 Å². The molecule has 2 saturated carbocycles. The van der Waals surface area contributed by atoms with Gasteiger partial charge in [0.05, 0.1) is 17.3 Å². The number of fused-ring (bicyclic) bond motifs is 3. The van der Waals surface area contributed by atoms with E-state index in [4.69, 9.17) is 4.74 Å². The van der Waals surface area contributed by atoms with Crippen LogP contribution >= 0.6 is 0 Å². The smallest absolute Gasteiger partial charge is 0.259 e. The number of ether oxygens (including phenoxy) is 1. The van der Waals surface area contributed by atoms with Gasteiger partial charge in [-0.1, -0.05) is 61.4 Å². The molecule has 1 aromatic heterocycles. The van der Waals surface area contributed by atoms with Gasteiger partial charge in [-0.3, -0.25) is 19.1 Å². The first-order chi connectivity index (χ1) is 23.2. The van der Waals surface area contributed by atoms with Crippen LogP contribution in [0.15, 0.2) is 78.9 Å². The monoisotopic (exact) mass is 671 g/mol. The van der Waals surface area contributed by atoms with E-state index in [0.717, 1.165) is 42.3 Å². The second-order valence-electron chi connectivity index (χ2n) is 13.4. The summed E-state index contributed by atoms with van der Waals surface area (Å²) in [5.74, 6) is -1.43. The average Bonchev–Trinajstić information content (AvgIpc) is 4.01. The first-order valence-electron chi connectivity index (χ1n) is 16.9. The second kappa shape index (κ2) is 13.2. The van der Waals surface area contributed by atoms with Crippen LogP contribution in [0.5, 0.6) is 5.88 Å². The number of carbonyl (C=O) groups is 3. The Kier molecular flexibility index (Phi) is 8.84. The van der Waals surface area contributed by atoms with E-state index in [1.54, 1.807) is 11.0 Å². The van der Waals surface area contributed by atoms with Crippen LogP contribution in [-0.2, 0) is 24.4 Å². The Labute approximate surface area is 280 Å². The summed E-state index contributed by atoms with van der Waals surface area (Å²) in [5.41, 5.74) is 0.162. The molecule has 48 heavy (non-hydrogen) atoms. The van der Waals surface area contributed by atoms with Crippen molar-refractivity contribution in [3.05, 3.63) is 78.9 Å². The fourth-order valence-corrected chi connectivity index (χ4v) is 8.23. The molecule has 2 aliphatic carbocycles. The first kappa shape index (κ1) is 32.1. The van der Waals surface area contributed by atoms with Gasteiger partial charge in [-0.15, -0.1) is 0 Å². The van der Waals surface area contributed by atoms with Crippen molar-refractivity contribution in [3.8, 4) is 5.88 Å². The van der Waals surface area contributed by atoms with Crippen molar-refractivity contribution in [2.45, 2.75) is 86.8 Å². The number of nitrogens with one attached hydrogen (secondary N) is 3. The summed E-state index contributed by atoms with van der Waals surface area (Å²) >= 11 is 0. The third-order valence-electron chi connectivity index (χ3n) is 9.82. The molecule has 4 aliphatic rings. The fourth-order valence-electron chi connectivity index (χ4n) is 6.87. The number of sulfonamides is 1. The maximum Gasteiger partial charge on any atom is 0.259 e. The van der Waals surface area contributed by atoms with E-state index in [1.807, 2.05) is 72.8 Å². The van der Waals surface area contributed by atoms with E-state index in [1.165, 1.54) is 0 Å². The zero-order valence-corrected chi connectivity index (χ0v) is 27.5. The van der Waals surface area contributed by atoms with Crippen LogP contribution in [-0.4, -0.2) is 71.5 Å². The van der Waals surface area contributed by atoms with Crippen molar-refractivity contribution in [1.82, 2.24) is 19.9 Å². The summed E-state index contributed by atoms with van der Waals surface area (Å²) < 4.78 is 34.1. The van der Waals surface area contributed by atoms with Gasteiger partial charge in [0.15, 0.2) is 0 Å². The van der Waals surface area contributed by atoms with Gasteiger partial charge in [0, 0.05) is 29.5 Å². The van der Waals surface area contributed by atoms with Gasteiger partial charge < -0.3 is 20.3 Å². The molecule has 2 aromatic carbocycles. The minimum atomic E-state index is -3.83. The number of allylic oxidation sites excluding steroid dienone is 1. The molecule has 12 heteroatoms. The van der Waals surface area contributed by atoms with Crippen molar-refractivity contribution in [3.63, 3.8) is 0 Å². The number of rotatable bonds is 7. The topological polar surface area (TPSA) is 147 Å². The molecule has 0 radical (unpaired) electrons. The van der Waals surface area contributed by atoms with Crippen LogP contribution in [0.4, 0.5) is 5.69 Å². The van der Waals surface area contributed by atoms with Crippen LogP contribution < -0.4 is 20.1 Å². The molecule has 0 unspecified atom stereocenters. The Morgan fingerprint density at radius 3 is 2.56 bits per heavy atom.